The highest BCUT2D eigenvalue weighted by atomic mass is 16.5. The van der Waals surface area contributed by atoms with E-state index in [0.717, 1.165) is 22.2 Å². The number of hydrazine groups is 1. The van der Waals surface area contributed by atoms with Gasteiger partial charge in [-0.15, -0.1) is 0 Å². The number of hydrogen-bond acceptors (Lipinski definition) is 3. The zero-order chi connectivity index (χ0) is 18.5. The van der Waals surface area contributed by atoms with E-state index in [4.69, 9.17) is 4.74 Å². The van der Waals surface area contributed by atoms with Crippen LogP contribution < -0.4 is 15.6 Å². The lowest BCUT2D eigenvalue weighted by molar-refractivity contribution is -0.121. The maximum absolute atomic E-state index is 12.4. The Morgan fingerprint density at radius 2 is 1.77 bits per heavy atom. The zero-order valence-electron chi connectivity index (χ0n) is 14.8. The number of carbonyl (C=O) groups is 2. The van der Waals surface area contributed by atoms with Gasteiger partial charge < -0.3 is 9.30 Å². The Kier molecular flexibility index (Phi) is 5.22. The van der Waals surface area contributed by atoms with Crippen LogP contribution in [0.25, 0.3) is 10.9 Å². The first-order chi connectivity index (χ1) is 12.6. The summed E-state index contributed by atoms with van der Waals surface area (Å²) in [5.74, 6) is 0.130. The SMILES string of the molecule is CCOc1ccc(CC(=O)NNC(=O)c2cn(C)c3ccccc23)cc1. The monoisotopic (exact) mass is 351 g/mol. The van der Waals surface area contributed by atoms with Crippen LogP contribution in [-0.4, -0.2) is 23.0 Å². The summed E-state index contributed by atoms with van der Waals surface area (Å²) in [7, 11) is 1.88. The fraction of sp³-hybridized carbons (Fsp3) is 0.200. The number of ether oxygens (including phenoxy) is 1. The molecule has 0 aliphatic rings. The van der Waals surface area contributed by atoms with Gasteiger partial charge in [0.1, 0.15) is 5.75 Å². The molecular formula is C20H21N3O3. The van der Waals surface area contributed by atoms with Crippen molar-refractivity contribution in [2.45, 2.75) is 13.3 Å². The first kappa shape index (κ1) is 17.5. The molecule has 0 unspecified atom stereocenters. The van der Waals surface area contributed by atoms with E-state index in [1.54, 1.807) is 6.20 Å². The fourth-order valence-electron chi connectivity index (χ4n) is 2.82. The molecule has 0 radical (unpaired) electrons. The summed E-state index contributed by atoms with van der Waals surface area (Å²) < 4.78 is 7.25. The maximum Gasteiger partial charge on any atom is 0.271 e. The highest BCUT2D eigenvalue weighted by Gasteiger charge is 2.14. The van der Waals surface area contributed by atoms with Crippen molar-refractivity contribution in [3.63, 3.8) is 0 Å². The predicted octanol–water partition coefficient (Wildman–Crippen LogP) is 2.58. The van der Waals surface area contributed by atoms with E-state index in [0.29, 0.717) is 12.2 Å². The standard InChI is InChI=1S/C20H21N3O3/c1-3-26-15-10-8-14(9-11-15)12-19(24)21-22-20(25)17-13-23(2)18-7-5-4-6-16(17)18/h4-11,13H,3,12H2,1-2H3,(H,21,24)(H,22,25). The van der Waals surface area contributed by atoms with E-state index in [9.17, 15) is 9.59 Å². The molecule has 0 saturated heterocycles. The number of fused-ring (bicyclic) bond motifs is 1. The Bertz CT molecular complexity index is 929. The van der Waals surface area contributed by atoms with Crippen molar-refractivity contribution in [3.05, 3.63) is 65.9 Å². The van der Waals surface area contributed by atoms with Crippen molar-refractivity contribution < 1.29 is 14.3 Å². The molecule has 2 amide bonds. The minimum Gasteiger partial charge on any atom is -0.494 e. The average molecular weight is 351 g/mol. The molecule has 0 fully saturated rings. The quantitative estimate of drug-likeness (QED) is 0.694. The number of nitrogens with zero attached hydrogens (tertiary/aromatic N) is 1. The number of para-hydroxylation sites is 1. The molecule has 0 atom stereocenters. The van der Waals surface area contributed by atoms with Gasteiger partial charge in [-0.2, -0.15) is 0 Å². The Hall–Kier alpha value is -3.28. The van der Waals surface area contributed by atoms with Crippen LogP contribution in [-0.2, 0) is 18.3 Å². The molecule has 2 N–H and O–H groups in total. The number of nitrogens with one attached hydrogen (secondary N) is 2. The molecule has 0 spiro atoms. The molecule has 134 valence electrons. The molecule has 3 rings (SSSR count). The zero-order valence-corrected chi connectivity index (χ0v) is 14.8. The van der Waals surface area contributed by atoms with Gasteiger partial charge in [0, 0.05) is 24.1 Å². The Morgan fingerprint density at radius 3 is 2.50 bits per heavy atom. The molecule has 0 aliphatic heterocycles. The van der Waals surface area contributed by atoms with E-state index >= 15 is 0 Å². The van der Waals surface area contributed by atoms with Crippen molar-refractivity contribution in [1.29, 1.82) is 0 Å². The Labute approximate surface area is 151 Å². The summed E-state index contributed by atoms with van der Waals surface area (Å²) in [5.41, 5.74) is 7.26. The second-order valence-electron chi connectivity index (χ2n) is 5.93. The Balaban J connectivity index is 1.59. The van der Waals surface area contributed by atoms with Gasteiger partial charge >= 0.3 is 0 Å². The van der Waals surface area contributed by atoms with E-state index in [1.165, 1.54) is 0 Å². The van der Waals surface area contributed by atoms with Crippen LogP contribution in [0.2, 0.25) is 0 Å². The summed E-state index contributed by atoms with van der Waals surface area (Å²) in [6, 6.07) is 14.9. The second-order valence-corrected chi connectivity index (χ2v) is 5.93. The third-order valence-electron chi connectivity index (χ3n) is 4.06. The number of benzene rings is 2. The van der Waals surface area contributed by atoms with Gasteiger partial charge in [0.05, 0.1) is 18.6 Å². The van der Waals surface area contributed by atoms with E-state index < -0.39 is 0 Å². The van der Waals surface area contributed by atoms with Crippen molar-refractivity contribution >= 4 is 22.7 Å². The average Bonchev–Trinajstić information content (AvgIpc) is 2.99. The van der Waals surface area contributed by atoms with Crippen molar-refractivity contribution in [1.82, 2.24) is 15.4 Å². The topological polar surface area (TPSA) is 72.4 Å². The number of carbonyl (C=O) groups excluding carboxylic acids is 2. The lowest BCUT2D eigenvalue weighted by Gasteiger charge is -2.08. The van der Waals surface area contributed by atoms with Crippen LogP contribution in [0.15, 0.2) is 54.7 Å². The predicted molar refractivity (Wildman–Crippen MR) is 99.8 cm³/mol. The molecule has 0 aliphatic carbocycles. The van der Waals surface area contributed by atoms with Crippen LogP contribution in [0.4, 0.5) is 0 Å². The smallest absolute Gasteiger partial charge is 0.271 e. The van der Waals surface area contributed by atoms with E-state index in [2.05, 4.69) is 10.9 Å². The number of amides is 2. The Morgan fingerprint density at radius 1 is 1.04 bits per heavy atom. The minimum absolute atomic E-state index is 0.169. The van der Waals surface area contributed by atoms with Gasteiger partial charge in [0.25, 0.3) is 5.91 Å². The molecular weight excluding hydrogens is 330 g/mol. The summed E-state index contributed by atoms with van der Waals surface area (Å²) in [5, 5.41) is 0.841. The van der Waals surface area contributed by atoms with Crippen molar-refractivity contribution in [2.24, 2.45) is 7.05 Å². The first-order valence-corrected chi connectivity index (χ1v) is 8.43. The summed E-state index contributed by atoms with van der Waals surface area (Å²) >= 11 is 0. The van der Waals surface area contributed by atoms with E-state index in [-0.39, 0.29) is 18.2 Å². The van der Waals surface area contributed by atoms with Gasteiger partial charge in [-0.05, 0) is 30.7 Å². The maximum atomic E-state index is 12.4. The van der Waals surface area contributed by atoms with Crippen LogP contribution in [0, 0.1) is 0 Å². The number of rotatable bonds is 5. The van der Waals surface area contributed by atoms with Gasteiger partial charge in [0.15, 0.2) is 0 Å². The minimum atomic E-state index is -0.346. The molecule has 1 aromatic heterocycles. The summed E-state index contributed by atoms with van der Waals surface area (Å²) in [4.78, 5) is 24.5. The number of hydrogen-bond donors (Lipinski definition) is 2. The fourth-order valence-corrected chi connectivity index (χ4v) is 2.82. The highest BCUT2D eigenvalue weighted by Crippen LogP contribution is 2.19. The van der Waals surface area contributed by atoms with Gasteiger partial charge in [0.2, 0.25) is 5.91 Å². The molecule has 0 bridgehead atoms. The van der Waals surface area contributed by atoms with Crippen LogP contribution in [0.1, 0.15) is 22.8 Å². The van der Waals surface area contributed by atoms with Crippen LogP contribution in [0.3, 0.4) is 0 Å². The third-order valence-corrected chi connectivity index (χ3v) is 4.06. The first-order valence-electron chi connectivity index (χ1n) is 8.43. The molecule has 6 heteroatoms. The summed E-state index contributed by atoms with van der Waals surface area (Å²) in [6.45, 7) is 2.51. The van der Waals surface area contributed by atoms with Crippen LogP contribution in [0.5, 0.6) is 5.75 Å². The molecule has 26 heavy (non-hydrogen) atoms. The molecule has 3 aromatic rings. The highest BCUT2D eigenvalue weighted by molar-refractivity contribution is 6.07. The molecule has 1 heterocycles. The van der Waals surface area contributed by atoms with Crippen molar-refractivity contribution in [2.75, 3.05) is 6.61 Å². The molecule has 0 saturated carbocycles. The van der Waals surface area contributed by atoms with Crippen molar-refractivity contribution in [3.8, 4) is 5.75 Å². The lowest BCUT2D eigenvalue weighted by atomic mass is 10.1. The normalized spacial score (nSPS) is 10.5. The molecule has 2 aromatic carbocycles. The third kappa shape index (κ3) is 3.85. The number of aryl methyl sites for hydroxylation is 1. The molecule has 6 nitrogen and oxygen atoms in total. The van der Waals surface area contributed by atoms with Crippen LogP contribution >= 0.6 is 0 Å². The largest absolute Gasteiger partial charge is 0.494 e. The van der Waals surface area contributed by atoms with Gasteiger partial charge in [-0.25, -0.2) is 0 Å². The van der Waals surface area contributed by atoms with E-state index in [1.807, 2.05) is 67.1 Å². The number of aromatic nitrogens is 1. The lowest BCUT2D eigenvalue weighted by Crippen LogP contribution is -2.42. The van der Waals surface area contributed by atoms with Gasteiger partial charge in [-0.1, -0.05) is 30.3 Å². The summed E-state index contributed by atoms with van der Waals surface area (Å²) in [6.07, 6.45) is 1.92. The van der Waals surface area contributed by atoms with Gasteiger partial charge in [-0.3, -0.25) is 20.4 Å². The second kappa shape index (κ2) is 7.74.